The first kappa shape index (κ1) is 16.0. The van der Waals surface area contributed by atoms with Crippen molar-refractivity contribution in [2.45, 2.75) is 65.0 Å². The number of rotatable bonds is 3. The number of nitrogens with one attached hydrogen (secondary N) is 2. The Morgan fingerprint density at radius 3 is 2.42 bits per heavy atom. The van der Waals surface area contributed by atoms with Gasteiger partial charge in [0.05, 0.1) is 18.7 Å². The van der Waals surface area contributed by atoms with Gasteiger partial charge in [-0.3, -0.25) is 9.59 Å². The lowest BCUT2D eigenvalue weighted by Gasteiger charge is -2.22. The molecule has 1 aliphatic carbocycles. The Morgan fingerprint density at radius 1 is 1.16 bits per heavy atom. The molecule has 1 aliphatic rings. The van der Waals surface area contributed by atoms with Crippen molar-refractivity contribution in [3.63, 3.8) is 0 Å². The van der Waals surface area contributed by atoms with E-state index in [4.69, 9.17) is 0 Å². The van der Waals surface area contributed by atoms with E-state index in [9.17, 15) is 14.7 Å². The molecule has 5 nitrogen and oxygen atoms in total. The van der Waals surface area contributed by atoms with Crippen LogP contribution >= 0.6 is 0 Å². The third kappa shape index (κ3) is 5.59. The van der Waals surface area contributed by atoms with Crippen molar-refractivity contribution in [2.75, 3.05) is 6.54 Å². The van der Waals surface area contributed by atoms with E-state index in [1.54, 1.807) is 20.8 Å². The molecule has 0 spiro atoms. The molecular weight excluding hydrogens is 244 g/mol. The van der Waals surface area contributed by atoms with Gasteiger partial charge in [-0.15, -0.1) is 0 Å². The number of carbonyl (C=O) groups is 2. The number of carbonyl (C=O) groups excluding carboxylic acids is 2. The van der Waals surface area contributed by atoms with Gasteiger partial charge < -0.3 is 15.7 Å². The minimum Gasteiger partial charge on any atom is -0.391 e. The van der Waals surface area contributed by atoms with Gasteiger partial charge in [0.15, 0.2) is 0 Å². The maximum absolute atomic E-state index is 11.8. The molecule has 0 aromatic rings. The van der Waals surface area contributed by atoms with Gasteiger partial charge in [0.2, 0.25) is 11.8 Å². The summed E-state index contributed by atoms with van der Waals surface area (Å²) in [5, 5.41) is 15.3. The molecule has 0 bridgehead atoms. The largest absolute Gasteiger partial charge is 0.391 e. The van der Waals surface area contributed by atoms with Gasteiger partial charge in [-0.2, -0.15) is 0 Å². The molecule has 0 saturated heterocycles. The van der Waals surface area contributed by atoms with Crippen LogP contribution in [-0.4, -0.2) is 35.6 Å². The second kappa shape index (κ2) is 6.89. The van der Waals surface area contributed by atoms with E-state index in [-0.39, 0.29) is 24.4 Å². The van der Waals surface area contributed by atoms with Crippen molar-refractivity contribution in [3.05, 3.63) is 0 Å². The SMILES string of the molecule is CC(C)(C)C(=O)NCC(=O)NC1CCCCCC1O. The molecule has 110 valence electrons. The lowest BCUT2D eigenvalue weighted by Crippen LogP contribution is -2.48. The number of aliphatic hydroxyl groups excluding tert-OH is 1. The maximum Gasteiger partial charge on any atom is 0.239 e. The van der Waals surface area contributed by atoms with Crippen molar-refractivity contribution in [1.82, 2.24) is 10.6 Å². The van der Waals surface area contributed by atoms with Gasteiger partial charge in [0.25, 0.3) is 0 Å². The summed E-state index contributed by atoms with van der Waals surface area (Å²) in [4.78, 5) is 23.4. The number of amides is 2. The smallest absolute Gasteiger partial charge is 0.239 e. The Hall–Kier alpha value is -1.10. The van der Waals surface area contributed by atoms with E-state index in [0.29, 0.717) is 0 Å². The number of aliphatic hydroxyl groups is 1. The van der Waals surface area contributed by atoms with Gasteiger partial charge in [0, 0.05) is 5.41 Å². The Labute approximate surface area is 115 Å². The molecular formula is C14H26N2O3. The molecule has 0 aliphatic heterocycles. The van der Waals surface area contributed by atoms with E-state index < -0.39 is 11.5 Å². The summed E-state index contributed by atoms with van der Waals surface area (Å²) < 4.78 is 0. The molecule has 1 saturated carbocycles. The quantitative estimate of drug-likeness (QED) is 0.668. The van der Waals surface area contributed by atoms with Crippen LogP contribution in [0, 0.1) is 5.41 Å². The predicted octanol–water partition coefficient (Wildman–Crippen LogP) is 0.958. The average molecular weight is 270 g/mol. The Balaban J connectivity index is 2.36. The highest BCUT2D eigenvalue weighted by Crippen LogP contribution is 2.18. The van der Waals surface area contributed by atoms with E-state index in [1.807, 2.05) is 0 Å². The lowest BCUT2D eigenvalue weighted by molar-refractivity contribution is -0.131. The first-order chi connectivity index (χ1) is 8.80. The summed E-state index contributed by atoms with van der Waals surface area (Å²) in [5.41, 5.74) is -0.498. The van der Waals surface area contributed by atoms with Crippen LogP contribution in [-0.2, 0) is 9.59 Å². The monoisotopic (exact) mass is 270 g/mol. The van der Waals surface area contributed by atoms with E-state index in [1.165, 1.54) is 0 Å². The highest BCUT2D eigenvalue weighted by Gasteiger charge is 2.24. The first-order valence-electron chi connectivity index (χ1n) is 7.06. The van der Waals surface area contributed by atoms with Gasteiger partial charge in [-0.1, -0.05) is 40.0 Å². The molecule has 5 heteroatoms. The fourth-order valence-corrected chi connectivity index (χ4v) is 2.14. The highest BCUT2D eigenvalue weighted by atomic mass is 16.3. The molecule has 19 heavy (non-hydrogen) atoms. The van der Waals surface area contributed by atoms with E-state index >= 15 is 0 Å². The van der Waals surface area contributed by atoms with Gasteiger partial charge in [-0.05, 0) is 12.8 Å². The van der Waals surface area contributed by atoms with Crippen LogP contribution in [0.1, 0.15) is 52.9 Å². The van der Waals surface area contributed by atoms with Crippen molar-refractivity contribution in [1.29, 1.82) is 0 Å². The summed E-state index contributed by atoms with van der Waals surface area (Å²) in [6.45, 7) is 5.37. The minimum absolute atomic E-state index is 0.0284. The lowest BCUT2D eigenvalue weighted by atomic mass is 9.96. The van der Waals surface area contributed by atoms with Crippen LogP contribution in [0.4, 0.5) is 0 Å². The molecule has 1 rings (SSSR count). The summed E-state index contributed by atoms with van der Waals surface area (Å²) in [6, 6.07) is -0.179. The van der Waals surface area contributed by atoms with Crippen LogP contribution in [0.15, 0.2) is 0 Å². The van der Waals surface area contributed by atoms with Crippen molar-refractivity contribution >= 4 is 11.8 Å². The van der Waals surface area contributed by atoms with Gasteiger partial charge >= 0.3 is 0 Å². The first-order valence-corrected chi connectivity index (χ1v) is 7.06. The fourth-order valence-electron chi connectivity index (χ4n) is 2.14. The molecule has 1 fully saturated rings. The number of hydrogen-bond acceptors (Lipinski definition) is 3. The van der Waals surface area contributed by atoms with Crippen molar-refractivity contribution in [3.8, 4) is 0 Å². The summed E-state index contributed by atoms with van der Waals surface area (Å²) in [7, 11) is 0. The molecule has 2 atom stereocenters. The van der Waals surface area contributed by atoms with Crippen molar-refractivity contribution < 1.29 is 14.7 Å². The second-order valence-electron chi connectivity index (χ2n) is 6.31. The van der Waals surface area contributed by atoms with E-state index in [2.05, 4.69) is 10.6 Å². The molecule has 0 aromatic carbocycles. The predicted molar refractivity (Wildman–Crippen MR) is 73.5 cm³/mol. The zero-order valence-electron chi connectivity index (χ0n) is 12.2. The zero-order valence-corrected chi connectivity index (χ0v) is 12.2. The topological polar surface area (TPSA) is 78.4 Å². The van der Waals surface area contributed by atoms with Crippen LogP contribution in [0.25, 0.3) is 0 Å². The maximum atomic E-state index is 11.8. The fraction of sp³-hybridized carbons (Fsp3) is 0.857. The molecule has 0 radical (unpaired) electrons. The Kier molecular flexibility index (Phi) is 5.79. The highest BCUT2D eigenvalue weighted by molar-refractivity contribution is 5.87. The Morgan fingerprint density at radius 2 is 1.79 bits per heavy atom. The molecule has 0 aromatic heterocycles. The summed E-state index contributed by atoms with van der Waals surface area (Å²) in [5.74, 6) is -0.382. The number of hydrogen-bond donors (Lipinski definition) is 3. The third-order valence-corrected chi connectivity index (χ3v) is 3.42. The second-order valence-corrected chi connectivity index (χ2v) is 6.31. The summed E-state index contributed by atoms with van der Waals surface area (Å²) >= 11 is 0. The van der Waals surface area contributed by atoms with E-state index in [0.717, 1.165) is 32.1 Å². The van der Waals surface area contributed by atoms with Gasteiger partial charge in [-0.25, -0.2) is 0 Å². The zero-order chi connectivity index (χ0) is 14.5. The molecule has 0 heterocycles. The van der Waals surface area contributed by atoms with Crippen LogP contribution in [0.2, 0.25) is 0 Å². The Bertz CT molecular complexity index is 323. The van der Waals surface area contributed by atoms with Crippen LogP contribution in [0.5, 0.6) is 0 Å². The van der Waals surface area contributed by atoms with Crippen LogP contribution < -0.4 is 10.6 Å². The molecule has 2 amide bonds. The van der Waals surface area contributed by atoms with Crippen LogP contribution in [0.3, 0.4) is 0 Å². The minimum atomic E-state index is -0.498. The molecule has 3 N–H and O–H groups in total. The third-order valence-electron chi connectivity index (χ3n) is 3.42. The standard InChI is InChI=1S/C14H26N2O3/c1-14(2,3)13(19)15-9-12(18)16-10-7-5-4-6-8-11(10)17/h10-11,17H,4-9H2,1-3H3,(H,15,19)(H,16,18). The molecule has 2 unspecified atom stereocenters. The summed E-state index contributed by atoms with van der Waals surface area (Å²) in [6.07, 6.45) is 4.21. The average Bonchev–Trinajstić information content (AvgIpc) is 2.51. The van der Waals surface area contributed by atoms with Crippen molar-refractivity contribution in [2.24, 2.45) is 5.41 Å². The normalized spacial score (nSPS) is 24.4. The van der Waals surface area contributed by atoms with Gasteiger partial charge in [0.1, 0.15) is 0 Å².